The zero-order valence-corrected chi connectivity index (χ0v) is 19.0. The van der Waals surface area contributed by atoms with Crippen molar-refractivity contribution in [2.45, 2.75) is 50.0 Å². The summed E-state index contributed by atoms with van der Waals surface area (Å²) in [5.41, 5.74) is 1.49. The molecule has 1 aromatic rings. The second kappa shape index (κ2) is 9.90. The number of carbonyl (C=O) groups excluding carboxylic acids is 1. The number of ether oxygens (including phenoxy) is 1. The minimum absolute atomic E-state index is 0.132. The van der Waals surface area contributed by atoms with Gasteiger partial charge in [0.25, 0.3) is 0 Å². The van der Waals surface area contributed by atoms with E-state index in [1.165, 1.54) is 31.2 Å². The van der Waals surface area contributed by atoms with Crippen LogP contribution in [0.15, 0.2) is 29.3 Å². The number of guanidine groups is 1. The first kappa shape index (κ1) is 21.9. The maximum Gasteiger partial charge on any atom is 0.234 e. The number of aliphatic imine (C=N–C) groups is 1. The third-order valence-electron chi connectivity index (χ3n) is 7.02. The molecule has 2 N–H and O–H groups in total. The topological polar surface area (TPSA) is 69.2 Å². The Bertz CT molecular complexity index is 778. The largest absolute Gasteiger partial charge is 0.497 e. The summed E-state index contributed by atoms with van der Waals surface area (Å²) < 4.78 is 5.48. The van der Waals surface area contributed by atoms with Crippen molar-refractivity contribution in [3.8, 4) is 5.75 Å². The van der Waals surface area contributed by atoms with E-state index in [-0.39, 0.29) is 11.3 Å². The molecule has 0 radical (unpaired) electrons. The van der Waals surface area contributed by atoms with Gasteiger partial charge in [-0.1, -0.05) is 25.0 Å². The quantitative estimate of drug-likeness (QED) is 0.514. The molecule has 0 unspecified atom stereocenters. The average Bonchev–Trinajstić information content (AvgIpc) is 3.47. The minimum Gasteiger partial charge on any atom is -0.497 e. The van der Waals surface area contributed by atoms with Gasteiger partial charge in [-0.25, -0.2) is 0 Å². The van der Waals surface area contributed by atoms with Crippen LogP contribution >= 0.6 is 0 Å². The Morgan fingerprint density at radius 1 is 1.19 bits per heavy atom. The normalized spacial score (nSPS) is 21.7. The molecule has 0 aromatic heterocycles. The van der Waals surface area contributed by atoms with E-state index in [0.29, 0.717) is 12.6 Å². The van der Waals surface area contributed by atoms with Crippen LogP contribution < -0.4 is 15.4 Å². The third-order valence-corrected chi connectivity index (χ3v) is 7.02. The van der Waals surface area contributed by atoms with E-state index in [1.54, 1.807) is 7.11 Å². The number of benzene rings is 1. The fourth-order valence-corrected chi connectivity index (χ4v) is 4.97. The molecule has 3 aliphatic rings. The van der Waals surface area contributed by atoms with Gasteiger partial charge in [0, 0.05) is 51.2 Å². The first-order chi connectivity index (χ1) is 15.1. The molecule has 0 bridgehead atoms. The van der Waals surface area contributed by atoms with E-state index in [9.17, 15) is 4.79 Å². The number of nitrogens with zero attached hydrogens (tertiary/aromatic N) is 3. The van der Waals surface area contributed by atoms with Crippen LogP contribution in [0.25, 0.3) is 0 Å². The highest BCUT2D eigenvalue weighted by atomic mass is 16.5. The molecular formula is C24H37N5O2. The molecule has 31 heavy (non-hydrogen) atoms. The number of carbonyl (C=O) groups is 1. The van der Waals surface area contributed by atoms with Gasteiger partial charge in [-0.05, 0) is 43.4 Å². The molecule has 1 heterocycles. The van der Waals surface area contributed by atoms with Crippen molar-refractivity contribution in [2.75, 3.05) is 53.4 Å². The molecule has 1 saturated heterocycles. The standard InChI is InChI=1S/C24H37N5O2/c1-25-23(29-14-12-28(13-15-29)17-22(30)27-20-8-9-20)26-18-24(10-3-4-11-24)19-6-5-7-21(16-19)31-2/h5-7,16,20H,3-4,8-15,17-18H2,1-2H3,(H,25,26)(H,27,30). The number of nitrogens with one attached hydrogen (secondary N) is 2. The Balaban J connectivity index is 1.31. The van der Waals surface area contributed by atoms with Gasteiger partial charge in [-0.15, -0.1) is 0 Å². The maximum absolute atomic E-state index is 12.1. The van der Waals surface area contributed by atoms with E-state index in [2.05, 4.69) is 43.6 Å². The van der Waals surface area contributed by atoms with Crippen molar-refractivity contribution < 1.29 is 9.53 Å². The fourth-order valence-electron chi connectivity index (χ4n) is 4.97. The van der Waals surface area contributed by atoms with Gasteiger partial charge in [0.05, 0.1) is 13.7 Å². The molecule has 1 aliphatic heterocycles. The van der Waals surface area contributed by atoms with Crippen LogP contribution in [0.1, 0.15) is 44.1 Å². The van der Waals surface area contributed by atoms with E-state index in [0.717, 1.165) is 57.3 Å². The molecule has 2 aliphatic carbocycles. The van der Waals surface area contributed by atoms with Crippen LogP contribution in [0, 0.1) is 0 Å². The minimum atomic E-state index is 0.132. The van der Waals surface area contributed by atoms with E-state index in [1.807, 2.05) is 13.1 Å². The van der Waals surface area contributed by atoms with Crippen LogP contribution in [-0.4, -0.2) is 81.1 Å². The van der Waals surface area contributed by atoms with Crippen LogP contribution in [0.3, 0.4) is 0 Å². The van der Waals surface area contributed by atoms with Crippen LogP contribution in [-0.2, 0) is 10.2 Å². The molecule has 4 rings (SSSR count). The molecule has 0 spiro atoms. The highest BCUT2D eigenvalue weighted by Gasteiger charge is 2.36. The molecule has 1 aromatic carbocycles. The lowest BCUT2D eigenvalue weighted by atomic mass is 9.78. The highest BCUT2D eigenvalue weighted by molar-refractivity contribution is 5.80. The van der Waals surface area contributed by atoms with Gasteiger partial charge in [-0.2, -0.15) is 0 Å². The van der Waals surface area contributed by atoms with Crippen molar-refractivity contribution in [3.05, 3.63) is 29.8 Å². The Hall–Kier alpha value is -2.28. The molecular weight excluding hydrogens is 390 g/mol. The molecule has 7 heteroatoms. The highest BCUT2D eigenvalue weighted by Crippen LogP contribution is 2.41. The summed E-state index contributed by atoms with van der Waals surface area (Å²) in [4.78, 5) is 21.2. The second-order valence-electron chi connectivity index (χ2n) is 9.23. The SMILES string of the molecule is CN=C(NCC1(c2cccc(OC)c2)CCCC1)N1CCN(CC(=O)NC2CC2)CC1. The summed E-state index contributed by atoms with van der Waals surface area (Å²) in [5, 5.41) is 6.77. The van der Waals surface area contributed by atoms with E-state index >= 15 is 0 Å². The molecule has 3 fully saturated rings. The van der Waals surface area contributed by atoms with Crippen molar-refractivity contribution in [3.63, 3.8) is 0 Å². The predicted molar refractivity (Wildman–Crippen MR) is 124 cm³/mol. The fraction of sp³-hybridized carbons (Fsp3) is 0.667. The summed E-state index contributed by atoms with van der Waals surface area (Å²) in [6.07, 6.45) is 7.18. The molecule has 7 nitrogen and oxygen atoms in total. The summed E-state index contributed by atoms with van der Waals surface area (Å²) in [6.45, 7) is 4.96. The Kier molecular flexibility index (Phi) is 7.00. The molecule has 1 amide bonds. The smallest absolute Gasteiger partial charge is 0.234 e. The van der Waals surface area contributed by atoms with Crippen LogP contribution in [0.4, 0.5) is 0 Å². The lowest BCUT2D eigenvalue weighted by Crippen LogP contribution is -2.55. The average molecular weight is 428 g/mol. The van der Waals surface area contributed by atoms with E-state index in [4.69, 9.17) is 4.74 Å². The van der Waals surface area contributed by atoms with Gasteiger partial charge in [0.1, 0.15) is 5.75 Å². The monoisotopic (exact) mass is 427 g/mol. The lowest BCUT2D eigenvalue weighted by molar-refractivity contribution is -0.122. The van der Waals surface area contributed by atoms with Crippen molar-refractivity contribution in [2.24, 2.45) is 4.99 Å². The second-order valence-corrected chi connectivity index (χ2v) is 9.23. The summed E-state index contributed by atoms with van der Waals surface area (Å²) in [6, 6.07) is 8.99. The van der Waals surface area contributed by atoms with Gasteiger partial charge < -0.3 is 20.3 Å². The number of hydrogen-bond acceptors (Lipinski definition) is 4. The van der Waals surface area contributed by atoms with Crippen molar-refractivity contribution >= 4 is 11.9 Å². The zero-order valence-electron chi connectivity index (χ0n) is 19.0. The number of hydrogen-bond donors (Lipinski definition) is 2. The number of rotatable bonds is 7. The summed E-state index contributed by atoms with van der Waals surface area (Å²) in [7, 11) is 3.60. The van der Waals surface area contributed by atoms with Gasteiger partial charge >= 0.3 is 0 Å². The zero-order chi connectivity index (χ0) is 21.7. The number of piperazine rings is 1. The van der Waals surface area contributed by atoms with Gasteiger partial charge in [-0.3, -0.25) is 14.7 Å². The first-order valence-electron chi connectivity index (χ1n) is 11.7. The molecule has 2 saturated carbocycles. The Labute approximate surface area is 186 Å². The van der Waals surface area contributed by atoms with Crippen LogP contribution in [0.5, 0.6) is 5.75 Å². The Morgan fingerprint density at radius 2 is 1.94 bits per heavy atom. The molecule has 170 valence electrons. The summed E-state index contributed by atoms with van der Waals surface area (Å²) in [5.74, 6) is 2.06. The maximum atomic E-state index is 12.1. The predicted octanol–water partition coefficient (Wildman–Crippen LogP) is 1.98. The van der Waals surface area contributed by atoms with Crippen LogP contribution in [0.2, 0.25) is 0 Å². The van der Waals surface area contributed by atoms with E-state index < -0.39 is 0 Å². The van der Waals surface area contributed by atoms with Gasteiger partial charge in [0.2, 0.25) is 5.91 Å². The number of amides is 1. The first-order valence-corrected chi connectivity index (χ1v) is 11.7. The third kappa shape index (κ3) is 5.50. The van der Waals surface area contributed by atoms with Gasteiger partial charge in [0.15, 0.2) is 5.96 Å². The Morgan fingerprint density at radius 3 is 2.58 bits per heavy atom. The summed E-state index contributed by atoms with van der Waals surface area (Å²) >= 11 is 0. The molecule has 0 atom stereocenters. The number of methoxy groups -OCH3 is 1. The van der Waals surface area contributed by atoms with Crippen molar-refractivity contribution in [1.29, 1.82) is 0 Å². The van der Waals surface area contributed by atoms with Crippen molar-refractivity contribution in [1.82, 2.24) is 20.4 Å². The lowest BCUT2D eigenvalue weighted by Gasteiger charge is -2.38.